The molecule has 0 aromatic carbocycles. The average molecular weight is 415 g/mol. The van der Waals surface area contributed by atoms with Crippen LogP contribution in [0.1, 0.15) is 5.82 Å². The van der Waals surface area contributed by atoms with Crippen LogP contribution in [0.3, 0.4) is 0 Å². The number of nitrogens with one attached hydrogen (secondary N) is 1. The highest BCUT2D eigenvalue weighted by Gasteiger charge is 2.42. The number of anilines is 1. The zero-order valence-electron chi connectivity index (χ0n) is 11.6. The topological polar surface area (TPSA) is 218 Å². The summed E-state index contributed by atoms with van der Waals surface area (Å²) in [5, 5.41) is 0.607. The number of fused-ring (bicyclic) bond motifs is 4. The minimum atomic E-state index is -5.62. The fourth-order valence-corrected chi connectivity index (χ4v) is 4.73. The number of hydrogen-bond donors (Lipinski definition) is 5. The van der Waals surface area contributed by atoms with E-state index in [1.165, 1.54) is 12.4 Å². The first-order valence-corrected chi connectivity index (χ1v) is 10.5. The molecular formula is C7H8N5O10P3. The molecule has 2 bridgehead atoms. The summed E-state index contributed by atoms with van der Waals surface area (Å²) < 4.78 is 45.6. The first-order valence-electron chi connectivity index (χ1n) is 5.96. The molecule has 0 aromatic heterocycles. The molecule has 15 nitrogen and oxygen atoms in total. The van der Waals surface area contributed by atoms with E-state index in [1.807, 2.05) is 0 Å². The lowest BCUT2D eigenvalue weighted by molar-refractivity contribution is 0.170. The zero-order valence-corrected chi connectivity index (χ0v) is 14.3. The van der Waals surface area contributed by atoms with Crippen molar-refractivity contribution in [3.05, 3.63) is 18.4 Å². The van der Waals surface area contributed by atoms with Gasteiger partial charge in [0, 0.05) is 6.20 Å². The third-order valence-corrected chi connectivity index (χ3v) is 6.18. The Balaban J connectivity index is 1.81. The summed E-state index contributed by atoms with van der Waals surface area (Å²) >= 11 is 0. The number of hydrogen-bond acceptors (Lipinski definition) is 10. The summed E-state index contributed by atoms with van der Waals surface area (Å²) in [6.45, 7) is 0. The molecule has 18 heteroatoms. The first kappa shape index (κ1) is 18.3. The number of rotatable bonds is 6. The lowest BCUT2D eigenvalue weighted by Crippen LogP contribution is -2.21. The summed E-state index contributed by atoms with van der Waals surface area (Å²) in [5.74, 6) is 0.504. The summed E-state index contributed by atoms with van der Waals surface area (Å²) in [5.41, 5.74) is 0.145. The predicted octanol–water partition coefficient (Wildman–Crippen LogP) is 0.353. The Bertz CT molecular complexity index is 952. The van der Waals surface area contributed by atoms with Crippen molar-refractivity contribution in [3.8, 4) is 11.5 Å². The monoisotopic (exact) mass is 415 g/mol. The molecule has 0 aliphatic carbocycles. The Morgan fingerprint density at radius 3 is 2.44 bits per heavy atom. The Morgan fingerprint density at radius 2 is 1.76 bits per heavy atom. The van der Waals surface area contributed by atoms with Gasteiger partial charge in [-0.05, 0) is 6.08 Å². The van der Waals surface area contributed by atoms with Gasteiger partial charge >= 0.3 is 23.5 Å². The van der Waals surface area contributed by atoms with E-state index < -0.39 is 23.5 Å². The van der Waals surface area contributed by atoms with E-state index in [1.54, 1.807) is 0 Å². The predicted molar refractivity (Wildman–Crippen MR) is 77.3 cm³/mol. The van der Waals surface area contributed by atoms with Gasteiger partial charge in [-0.3, -0.25) is 0 Å². The molecule has 0 aromatic rings. The molecule has 0 spiro atoms. The number of hydroxylamine groups is 1. The minimum Gasteiger partial charge on any atom is -0.323 e. The average Bonchev–Trinajstić information content (AvgIpc) is 2.85. The molecule has 0 fully saturated rings. The number of H-pyrrole nitrogens is 1. The third kappa shape index (κ3) is 4.37. The summed E-state index contributed by atoms with van der Waals surface area (Å²) in [7, 11) is -16.5. The van der Waals surface area contributed by atoms with Crippen molar-refractivity contribution in [3.63, 3.8) is 0 Å². The van der Waals surface area contributed by atoms with Crippen molar-refractivity contribution in [2.24, 2.45) is 0 Å². The van der Waals surface area contributed by atoms with Crippen LogP contribution in [0, 0.1) is 0 Å². The second kappa shape index (κ2) is 6.04. The van der Waals surface area contributed by atoms with E-state index in [-0.39, 0.29) is 17.3 Å². The Hall–Kier alpha value is -1.50. The van der Waals surface area contributed by atoms with Gasteiger partial charge < -0.3 is 24.6 Å². The Morgan fingerprint density at radius 1 is 1.04 bits per heavy atom. The molecule has 0 amide bonds. The molecule has 3 rings (SSSR count). The van der Waals surface area contributed by atoms with Crippen LogP contribution < -0.4 is 5.06 Å². The molecular weight excluding hydrogens is 407 g/mol. The maximum atomic E-state index is 11.9. The second-order valence-corrected chi connectivity index (χ2v) is 8.66. The van der Waals surface area contributed by atoms with Crippen molar-refractivity contribution < 1.29 is 46.5 Å². The Kier molecular flexibility index (Phi) is 4.42. The molecule has 2 unspecified atom stereocenters. The van der Waals surface area contributed by atoms with Crippen molar-refractivity contribution in [2.45, 2.75) is 0 Å². The van der Waals surface area contributed by atoms with Crippen LogP contribution in [0.2, 0.25) is 0 Å². The fourth-order valence-electron chi connectivity index (χ4n) is 1.75. The van der Waals surface area contributed by atoms with Crippen molar-refractivity contribution in [1.29, 1.82) is 0 Å². The molecule has 3 aliphatic rings. The molecule has 5 N–H and O–H groups in total. The summed E-state index contributed by atoms with van der Waals surface area (Å²) in [6.07, 6.45) is 3.61. The molecule has 0 saturated carbocycles. The van der Waals surface area contributed by atoms with Gasteiger partial charge in [-0.1, -0.05) is 0 Å². The summed E-state index contributed by atoms with van der Waals surface area (Å²) in [6, 6.07) is 0. The van der Waals surface area contributed by atoms with Gasteiger partial charge in [0.1, 0.15) is 12.2 Å². The standard InChI is InChI=1S/C7H8N5O10P3/c13-23(14,15)21-25(18,19)22-24(16,17)20-12-2-1-4-10-6-5(7(12)11-4)8-3-9-6/h1-3H,(H,16,17)(H,18,19)(H2,13,14,15)(H,8,9,10,11). The normalized spacial score (nSPS) is 19.0. The van der Waals surface area contributed by atoms with Crippen LogP contribution >= 0.6 is 23.5 Å². The van der Waals surface area contributed by atoms with Crippen LogP contribution in [-0.4, -0.2) is 39.5 Å². The molecule has 25 heavy (non-hydrogen) atoms. The molecule has 0 saturated heterocycles. The van der Waals surface area contributed by atoms with Crippen LogP contribution in [0.5, 0.6) is 0 Å². The number of phosphoric acid groups is 3. The van der Waals surface area contributed by atoms with Gasteiger partial charge in [0.15, 0.2) is 17.3 Å². The highest BCUT2D eigenvalue weighted by molar-refractivity contribution is 7.66. The zero-order chi connectivity index (χ0) is 18.5. The van der Waals surface area contributed by atoms with Crippen LogP contribution in [-0.2, 0) is 26.9 Å². The van der Waals surface area contributed by atoms with Crippen LogP contribution in [0.4, 0.5) is 5.82 Å². The quantitative estimate of drug-likeness (QED) is 0.402. The van der Waals surface area contributed by atoms with E-state index in [2.05, 4.69) is 33.2 Å². The van der Waals surface area contributed by atoms with E-state index in [0.29, 0.717) is 10.9 Å². The Labute approximate surface area is 137 Å². The molecule has 3 heterocycles. The highest BCUT2D eigenvalue weighted by atomic mass is 31.3. The maximum absolute atomic E-state index is 11.9. The largest absolute Gasteiger partial charge is 0.503 e. The summed E-state index contributed by atoms with van der Waals surface area (Å²) in [4.78, 5) is 50.1. The van der Waals surface area contributed by atoms with Gasteiger partial charge in [-0.2, -0.15) is 18.3 Å². The van der Waals surface area contributed by atoms with Gasteiger partial charge in [-0.15, -0.1) is 0 Å². The number of imidazole rings is 1. The fraction of sp³-hybridized carbons (Fsp3) is 0. The van der Waals surface area contributed by atoms with Gasteiger partial charge in [0.2, 0.25) is 0 Å². The SMILES string of the molecule is O=P(O)(O)OP(=O)(O)OP(=O)(O)ON1C=Cc2nc1c1ncnc-1[nH]2. The van der Waals surface area contributed by atoms with E-state index in [0.717, 1.165) is 6.20 Å². The lowest BCUT2D eigenvalue weighted by atomic mass is 10.3. The number of nitrogens with zero attached hydrogens (tertiary/aromatic N) is 4. The number of aromatic nitrogens is 4. The third-order valence-electron chi connectivity index (χ3n) is 2.47. The van der Waals surface area contributed by atoms with Crippen molar-refractivity contribution in [2.75, 3.05) is 5.06 Å². The lowest BCUT2D eigenvalue weighted by Gasteiger charge is -2.25. The molecule has 2 atom stereocenters. The molecule has 0 radical (unpaired) electrons. The van der Waals surface area contributed by atoms with Gasteiger partial charge in [0.25, 0.3) is 0 Å². The van der Waals surface area contributed by atoms with Crippen LogP contribution in [0.25, 0.3) is 17.6 Å². The van der Waals surface area contributed by atoms with Crippen molar-refractivity contribution in [1.82, 2.24) is 19.9 Å². The smallest absolute Gasteiger partial charge is 0.323 e. The van der Waals surface area contributed by atoms with Gasteiger partial charge in [-0.25, -0.2) is 28.6 Å². The van der Waals surface area contributed by atoms with Crippen molar-refractivity contribution >= 4 is 35.4 Å². The van der Waals surface area contributed by atoms with Crippen LogP contribution in [0.15, 0.2) is 12.5 Å². The molecule has 136 valence electrons. The van der Waals surface area contributed by atoms with Gasteiger partial charge in [0.05, 0.1) is 0 Å². The second-order valence-electron chi connectivity index (χ2n) is 4.33. The van der Waals surface area contributed by atoms with E-state index >= 15 is 0 Å². The van der Waals surface area contributed by atoms with E-state index in [9.17, 15) is 18.6 Å². The minimum absolute atomic E-state index is 0.0923. The van der Waals surface area contributed by atoms with E-state index in [4.69, 9.17) is 14.7 Å². The first-order chi connectivity index (χ1) is 11.4. The number of aromatic amines is 1. The highest BCUT2D eigenvalue weighted by Crippen LogP contribution is 2.66. The molecule has 3 aliphatic heterocycles. The maximum Gasteiger partial charge on any atom is 0.503 e.